The predicted molar refractivity (Wildman–Crippen MR) is 46.4 cm³/mol. The SMILES string of the molecule is CC1=CC(N)=C(C)CC1(N)N. The van der Waals surface area contributed by atoms with Gasteiger partial charge in [0, 0.05) is 12.1 Å². The molecule has 0 saturated carbocycles. The molecule has 0 heterocycles. The molecule has 3 heteroatoms. The maximum absolute atomic E-state index is 5.79. The van der Waals surface area contributed by atoms with Gasteiger partial charge in [0.1, 0.15) is 0 Å². The quantitative estimate of drug-likeness (QED) is 0.434. The van der Waals surface area contributed by atoms with Crippen LogP contribution < -0.4 is 17.2 Å². The Balaban J connectivity index is 3.01. The highest BCUT2D eigenvalue weighted by molar-refractivity contribution is 5.36. The van der Waals surface area contributed by atoms with Gasteiger partial charge in [0.15, 0.2) is 0 Å². The van der Waals surface area contributed by atoms with Gasteiger partial charge < -0.3 is 17.2 Å². The standard InChI is InChI=1S/C8H15N3/c1-5-4-8(10,11)6(2)3-7(5)9/h3H,4,9-11H2,1-2H3. The summed E-state index contributed by atoms with van der Waals surface area (Å²) in [6.07, 6.45) is 2.50. The lowest BCUT2D eigenvalue weighted by atomic mass is 9.88. The third-order valence-electron chi connectivity index (χ3n) is 2.16. The Morgan fingerprint density at radius 2 is 1.91 bits per heavy atom. The van der Waals surface area contributed by atoms with Crippen molar-refractivity contribution in [3.8, 4) is 0 Å². The normalized spacial score (nSPS) is 23.5. The van der Waals surface area contributed by atoms with Gasteiger partial charge in [0.2, 0.25) is 0 Å². The number of rotatable bonds is 0. The highest BCUT2D eigenvalue weighted by Crippen LogP contribution is 2.24. The van der Waals surface area contributed by atoms with Gasteiger partial charge in [-0.1, -0.05) is 0 Å². The van der Waals surface area contributed by atoms with E-state index in [2.05, 4.69) is 0 Å². The molecule has 0 atom stereocenters. The zero-order valence-corrected chi connectivity index (χ0v) is 7.02. The Labute approximate surface area is 66.9 Å². The van der Waals surface area contributed by atoms with E-state index in [0.29, 0.717) is 6.42 Å². The zero-order valence-electron chi connectivity index (χ0n) is 7.02. The molecule has 11 heavy (non-hydrogen) atoms. The second kappa shape index (κ2) is 2.36. The van der Waals surface area contributed by atoms with Crippen molar-refractivity contribution in [3.05, 3.63) is 22.9 Å². The zero-order chi connectivity index (χ0) is 8.65. The minimum atomic E-state index is -0.688. The second-order valence-electron chi connectivity index (χ2n) is 3.28. The maximum Gasteiger partial charge on any atom is 0.0898 e. The van der Waals surface area contributed by atoms with E-state index in [9.17, 15) is 0 Å². The Kier molecular flexibility index (Phi) is 1.78. The summed E-state index contributed by atoms with van der Waals surface area (Å²) in [5, 5.41) is 0. The van der Waals surface area contributed by atoms with Gasteiger partial charge in [-0.3, -0.25) is 0 Å². The van der Waals surface area contributed by atoms with Crippen molar-refractivity contribution < 1.29 is 0 Å². The fourth-order valence-electron chi connectivity index (χ4n) is 1.17. The van der Waals surface area contributed by atoms with Crippen LogP contribution in [-0.2, 0) is 0 Å². The first-order chi connectivity index (χ1) is 4.93. The average molecular weight is 153 g/mol. The largest absolute Gasteiger partial charge is 0.399 e. The molecular weight excluding hydrogens is 138 g/mol. The van der Waals surface area contributed by atoms with Crippen molar-refractivity contribution in [2.24, 2.45) is 17.2 Å². The highest BCUT2D eigenvalue weighted by atomic mass is 15.0. The third-order valence-corrected chi connectivity index (χ3v) is 2.16. The summed E-state index contributed by atoms with van der Waals surface area (Å²) in [5.74, 6) is 0. The van der Waals surface area contributed by atoms with Crippen molar-refractivity contribution in [3.63, 3.8) is 0 Å². The molecule has 0 aromatic carbocycles. The Bertz CT molecular complexity index is 236. The predicted octanol–water partition coefficient (Wildman–Crippen LogP) is 0.183. The molecule has 0 amide bonds. The molecule has 6 N–H and O–H groups in total. The van der Waals surface area contributed by atoms with Gasteiger partial charge >= 0.3 is 0 Å². The van der Waals surface area contributed by atoms with Crippen molar-refractivity contribution in [2.75, 3.05) is 0 Å². The summed E-state index contributed by atoms with van der Waals surface area (Å²) in [5.41, 5.74) is 19.4. The van der Waals surface area contributed by atoms with Crippen molar-refractivity contribution >= 4 is 0 Å². The molecule has 3 nitrogen and oxygen atoms in total. The lowest BCUT2D eigenvalue weighted by molar-refractivity contribution is 0.504. The highest BCUT2D eigenvalue weighted by Gasteiger charge is 2.25. The van der Waals surface area contributed by atoms with Crippen LogP contribution in [0.2, 0.25) is 0 Å². The Morgan fingerprint density at radius 3 is 2.36 bits per heavy atom. The first kappa shape index (κ1) is 8.30. The molecular formula is C8H15N3. The third kappa shape index (κ3) is 1.44. The molecule has 1 rings (SSSR count). The minimum Gasteiger partial charge on any atom is -0.399 e. The second-order valence-corrected chi connectivity index (χ2v) is 3.28. The van der Waals surface area contributed by atoms with E-state index >= 15 is 0 Å². The molecule has 0 aromatic rings. The van der Waals surface area contributed by atoms with Gasteiger partial charge in [-0.05, 0) is 31.1 Å². The summed E-state index contributed by atoms with van der Waals surface area (Å²) in [7, 11) is 0. The van der Waals surface area contributed by atoms with Crippen LogP contribution in [0.5, 0.6) is 0 Å². The first-order valence-electron chi connectivity index (χ1n) is 3.65. The van der Waals surface area contributed by atoms with E-state index < -0.39 is 5.66 Å². The van der Waals surface area contributed by atoms with E-state index in [1.165, 1.54) is 0 Å². The van der Waals surface area contributed by atoms with E-state index in [-0.39, 0.29) is 0 Å². The molecule has 0 aromatic heterocycles. The van der Waals surface area contributed by atoms with E-state index in [1.54, 1.807) is 0 Å². The molecule has 0 aliphatic heterocycles. The first-order valence-corrected chi connectivity index (χ1v) is 3.65. The monoisotopic (exact) mass is 153 g/mol. The van der Waals surface area contributed by atoms with E-state index in [1.807, 2.05) is 19.9 Å². The van der Waals surface area contributed by atoms with Crippen molar-refractivity contribution in [2.45, 2.75) is 25.9 Å². The van der Waals surface area contributed by atoms with Crippen LogP contribution in [-0.4, -0.2) is 5.66 Å². The van der Waals surface area contributed by atoms with Gasteiger partial charge in [0.25, 0.3) is 0 Å². The van der Waals surface area contributed by atoms with Gasteiger partial charge in [-0.15, -0.1) is 0 Å². The topological polar surface area (TPSA) is 78.1 Å². The molecule has 0 fully saturated rings. The van der Waals surface area contributed by atoms with Gasteiger partial charge in [-0.25, -0.2) is 0 Å². The smallest absolute Gasteiger partial charge is 0.0898 e. The molecule has 0 saturated heterocycles. The van der Waals surface area contributed by atoms with Crippen LogP contribution in [0.4, 0.5) is 0 Å². The molecule has 0 radical (unpaired) electrons. The van der Waals surface area contributed by atoms with E-state index in [0.717, 1.165) is 16.8 Å². The lowest BCUT2D eigenvalue weighted by Crippen LogP contribution is -2.52. The molecule has 0 bridgehead atoms. The fourth-order valence-corrected chi connectivity index (χ4v) is 1.17. The molecule has 1 aliphatic carbocycles. The molecule has 0 spiro atoms. The summed E-state index contributed by atoms with van der Waals surface area (Å²) in [6.45, 7) is 3.85. The molecule has 0 unspecified atom stereocenters. The maximum atomic E-state index is 5.79. The van der Waals surface area contributed by atoms with Gasteiger partial charge in [0.05, 0.1) is 5.66 Å². The summed E-state index contributed by atoms with van der Waals surface area (Å²) < 4.78 is 0. The van der Waals surface area contributed by atoms with Crippen LogP contribution >= 0.6 is 0 Å². The summed E-state index contributed by atoms with van der Waals surface area (Å²) >= 11 is 0. The number of hydrogen-bond donors (Lipinski definition) is 3. The fraction of sp³-hybridized carbons (Fsp3) is 0.500. The number of nitrogens with two attached hydrogens (primary N) is 3. The average Bonchev–Trinajstić information content (AvgIpc) is 1.83. The van der Waals surface area contributed by atoms with Crippen LogP contribution in [0, 0.1) is 0 Å². The van der Waals surface area contributed by atoms with E-state index in [4.69, 9.17) is 17.2 Å². The van der Waals surface area contributed by atoms with Crippen molar-refractivity contribution in [1.82, 2.24) is 0 Å². The minimum absolute atomic E-state index is 0.654. The Morgan fingerprint density at radius 1 is 1.36 bits per heavy atom. The lowest BCUT2D eigenvalue weighted by Gasteiger charge is -2.30. The Hall–Kier alpha value is -0.800. The number of allylic oxidation sites excluding steroid dienone is 1. The molecule has 1 aliphatic rings. The van der Waals surface area contributed by atoms with Crippen LogP contribution in [0.3, 0.4) is 0 Å². The summed E-state index contributed by atoms with van der Waals surface area (Å²) in [6, 6.07) is 0. The molecule has 62 valence electrons. The van der Waals surface area contributed by atoms with Crippen LogP contribution in [0.15, 0.2) is 22.9 Å². The number of hydrogen-bond acceptors (Lipinski definition) is 3. The summed E-state index contributed by atoms with van der Waals surface area (Å²) in [4.78, 5) is 0. The van der Waals surface area contributed by atoms with Crippen molar-refractivity contribution in [1.29, 1.82) is 0 Å². The van der Waals surface area contributed by atoms with Gasteiger partial charge in [-0.2, -0.15) is 0 Å². The van der Waals surface area contributed by atoms with Crippen LogP contribution in [0.25, 0.3) is 0 Å². The van der Waals surface area contributed by atoms with Crippen LogP contribution in [0.1, 0.15) is 20.3 Å².